The third-order valence-electron chi connectivity index (χ3n) is 13.6. The van der Waals surface area contributed by atoms with Crippen molar-refractivity contribution < 1.29 is 0 Å². The second-order valence-corrected chi connectivity index (χ2v) is 16.8. The molecular weight excluding hydrogens is 761 g/mol. The molecule has 0 N–H and O–H groups in total. The minimum absolute atomic E-state index is 0.425. The summed E-state index contributed by atoms with van der Waals surface area (Å²) in [6, 6.07) is 89.3. The molecule has 0 radical (unpaired) electrons. The Labute approximate surface area is 367 Å². The summed E-state index contributed by atoms with van der Waals surface area (Å²) in [5, 5.41) is 2.53. The highest BCUT2D eigenvalue weighted by atomic mass is 15.1. The minimum atomic E-state index is -0.425. The predicted molar refractivity (Wildman–Crippen MR) is 263 cm³/mol. The minimum Gasteiger partial charge on any atom is -0.311 e. The largest absolute Gasteiger partial charge is 0.311 e. The van der Waals surface area contributed by atoms with E-state index >= 15 is 0 Å². The lowest BCUT2D eigenvalue weighted by Crippen LogP contribution is -2.25. The van der Waals surface area contributed by atoms with Crippen LogP contribution in [-0.4, -0.2) is 4.57 Å². The van der Waals surface area contributed by atoms with E-state index < -0.39 is 5.41 Å². The van der Waals surface area contributed by atoms with Gasteiger partial charge in [0.25, 0.3) is 0 Å². The van der Waals surface area contributed by atoms with E-state index in [-0.39, 0.29) is 0 Å². The summed E-state index contributed by atoms with van der Waals surface area (Å²) in [6.07, 6.45) is 0. The second kappa shape index (κ2) is 13.9. The van der Waals surface area contributed by atoms with E-state index in [2.05, 4.69) is 252 Å². The first-order valence-corrected chi connectivity index (χ1v) is 21.8. The molecule has 1 aromatic heterocycles. The van der Waals surface area contributed by atoms with Crippen molar-refractivity contribution in [2.45, 2.75) is 5.41 Å². The number of benzene rings is 10. The number of fused-ring (bicyclic) bond motifs is 14. The molecule has 1 heterocycles. The number of nitrogens with zero attached hydrogens (tertiary/aromatic N) is 2. The molecular formula is C61H40N2. The number of anilines is 3. The van der Waals surface area contributed by atoms with Crippen molar-refractivity contribution >= 4 is 38.9 Å². The van der Waals surface area contributed by atoms with Crippen molar-refractivity contribution in [2.24, 2.45) is 0 Å². The smallest absolute Gasteiger partial charge is 0.0725 e. The van der Waals surface area contributed by atoms with E-state index in [9.17, 15) is 0 Å². The fourth-order valence-electron chi connectivity index (χ4n) is 11.0. The van der Waals surface area contributed by atoms with Crippen LogP contribution in [0.2, 0.25) is 0 Å². The van der Waals surface area contributed by atoms with Gasteiger partial charge in [-0.3, -0.25) is 0 Å². The maximum Gasteiger partial charge on any atom is 0.0725 e. The van der Waals surface area contributed by atoms with Gasteiger partial charge in [-0.05, 0) is 133 Å². The molecule has 0 atom stereocenters. The van der Waals surface area contributed by atoms with Crippen molar-refractivity contribution in [3.05, 3.63) is 265 Å². The SMILES string of the molecule is c1ccc(-c2cccc(-n3c4ccc(-c5ccc(N(c6ccccc6)c6ccccc6)cc5)cc4c4c5c(ccc43)C3(c4ccccc4-c4ccccc43)c3ccccc3-5)c2)cc1. The van der Waals surface area contributed by atoms with Gasteiger partial charge in [0.15, 0.2) is 0 Å². The Hall–Kier alpha value is -8.20. The van der Waals surface area contributed by atoms with Crippen LogP contribution in [0.15, 0.2) is 243 Å². The van der Waals surface area contributed by atoms with Gasteiger partial charge in [0, 0.05) is 33.5 Å². The molecule has 0 fully saturated rings. The van der Waals surface area contributed by atoms with Gasteiger partial charge in [0.1, 0.15) is 0 Å². The summed E-state index contributed by atoms with van der Waals surface area (Å²) in [4.78, 5) is 2.32. The van der Waals surface area contributed by atoms with E-state index in [4.69, 9.17) is 0 Å². The molecule has 0 saturated heterocycles. The summed E-state index contributed by atoms with van der Waals surface area (Å²) in [5.74, 6) is 0. The van der Waals surface area contributed by atoms with Gasteiger partial charge in [0.05, 0.1) is 16.4 Å². The van der Waals surface area contributed by atoms with E-state index in [1.807, 2.05) is 0 Å². The van der Waals surface area contributed by atoms with Crippen molar-refractivity contribution in [1.29, 1.82) is 0 Å². The van der Waals surface area contributed by atoms with Gasteiger partial charge in [-0.25, -0.2) is 0 Å². The molecule has 1 spiro atoms. The van der Waals surface area contributed by atoms with Crippen LogP contribution < -0.4 is 4.90 Å². The summed E-state index contributed by atoms with van der Waals surface area (Å²) in [7, 11) is 0. The van der Waals surface area contributed by atoms with Gasteiger partial charge >= 0.3 is 0 Å². The standard InChI is InChI=1S/C61H40N2/c1-4-17-41(18-5-1)43-19-16-24-48(39-43)63-57-37-33-44(42-31-34-47(35-32-42)62(45-20-6-2-7-21-45)46-22-8-3-9-23-46)40-52(57)60-58(63)38-36-56-59(60)51-27-12-15-30-55(51)61(56)53-28-13-10-25-49(53)50-26-11-14-29-54(50)61/h1-40H. The molecule has 10 aromatic carbocycles. The molecule has 294 valence electrons. The lowest BCUT2D eigenvalue weighted by Gasteiger charge is -2.30. The first-order chi connectivity index (χ1) is 31.3. The third-order valence-corrected chi connectivity index (χ3v) is 13.6. The van der Waals surface area contributed by atoms with Gasteiger partial charge in [-0.15, -0.1) is 0 Å². The molecule has 2 heteroatoms. The van der Waals surface area contributed by atoms with E-state index in [1.54, 1.807) is 0 Å². The van der Waals surface area contributed by atoms with Crippen LogP contribution in [0.1, 0.15) is 22.3 Å². The van der Waals surface area contributed by atoms with Crippen LogP contribution in [0.25, 0.3) is 72.0 Å². The molecule has 2 aliphatic rings. The van der Waals surface area contributed by atoms with E-state index in [0.29, 0.717) is 0 Å². The second-order valence-electron chi connectivity index (χ2n) is 16.8. The van der Waals surface area contributed by atoms with Gasteiger partial charge in [-0.2, -0.15) is 0 Å². The Morgan fingerprint density at radius 1 is 0.317 bits per heavy atom. The average Bonchev–Trinajstić information content (AvgIpc) is 3.97. The van der Waals surface area contributed by atoms with Crippen LogP contribution in [-0.2, 0) is 5.41 Å². The van der Waals surface area contributed by atoms with Crippen molar-refractivity contribution in [2.75, 3.05) is 4.90 Å². The Kier molecular flexibility index (Phi) is 7.85. The first-order valence-electron chi connectivity index (χ1n) is 21.8. The quantitative estimate of drug-likeness (QED) is 0.163. The van der Waals surface area contributed by atoms with Crippen molar-refractivity contribution in [3.63, 3.8) is 0 Å². The molecule has 0 amide bonds. The van der Waals surface area contributed by atoms with E-state index in [0.717, 1.165) is 22.7 Å². The monoisotopic (exact) mass is 800 g/mol. The zero-order chi connectivity index (χ0) is 41.5. The zero-order valence-corrected chi connectivity index (χ0v) is 34.5. The van der Waals surface area contributed by atoms with Crippen LogP contribution in [0.5, 0.6) is 0 Å². The molecule has 13 rings (SSSR count). The lowest BCUT2D eigenvalue weighted by molar-refractivity contribution is 0.794. The maximum absolute atomic E-state index is 2.49. The van der Waals surface area contributed by atoms with Crippen LogP contribution in [0.3, 0.4) is 0 Å². The summed E-state index contributed by atoms with van der Waals surface area (Å²) >= 11 is 0. The lowest BCUT2D eigenvalue weighted by atomic mass is 9.70. The highest BCUT2D eigenvalue weighted by Gasteiger charge is 2.52. The van der Waals surface area contributed by atoms with Gasteiger partial charge < -0.3 is 9.47 Å². The van der Waals surface area contributed by atoms with Gasteiger partial charge in [0.2, 0.25) is 0 Å². The van der Waals surface area contributed by atoms with Crippen LogP contribution in [0.4, 0.5) is 17.1 Å². The van der Waals surface area contributed by atoms with Crippen LogP contribution in [0, 0.1) is 0 Å². The molecule has 0 unspecified atom stereocenters. The number of rotatable bonds is 6. The Balaban J connectivity index is 1.06. The topological polar surface area (TPSA) is 8.17 Å². The summed E-state index contributed by atoms with van der Waals surface area (Å²) < 4.78 is 2.49. The third kappa shape index (κ3) is 5.19. The maximum atomic E-state index is 2.49. The average molecular weight is 801 g/mol. The van der Waals surface area contributed by atoms with E-state index in [1.165, 1.54) is 88.6 Å². The van der Waals surface area contributed by atoms with Crippen molar-refractivity contribution in [3.8, 4) is 50.2 Å². The molecule has 0 saturated carbocycles. The Bertz CT molecular complexity index is 3460. The highest BCUT2D eigenvalue weighted by Crippen LogP contribution is 2.64. The van der Waals surface area contributed by atoms with Crippen molar-refractivity contribution in [1.82, 2.24) is 4.57 Å². The Morgan fingerprint density at radius 2 is 0.794 bits per heavy atom. The zero-order valence-electron chi connectivity index (χ0n) is 34.5. The first kappa shape index (κ1) is 35.5. The molecule has 0 bridgehead atoms. The molecule has 63 heavy (non-hydrogen) atoms. The Morgan fingerprint density at radius 3 is 1.44 bits per heavy atom. The number of aromatic nitrogens is 1. The van der Waals surface area contributed by atoms with Crippen LogP contribution >= 0.6 is 0 Å². The summed E-state index contributed by atoms with van der Waals surface area (Å²) in [6.45, 7) is 0. The molecule has 11 aromatic rings. The normalized spacial score (nSPS) is 12.9. The molecule has 2 nitrogen and oxygen atoms in total. The molecule has 0 aliphatic heterocycles. The number of para-hydroxylation sites is 2. The fraction of sp³-hybridized carbons (Fsp3) is 0.0164. The highest BCUT2D eigenvalue weighted by molar-refractivity contribution is 6.19. The predicted octanol–water partition coefficient (Wildman–Crippen LogP) is 15.9. The molecule has 2 aliphatic carbocycles. The number of hydrogen-bond acceptors (Lipinski definition) is 1. The fourth-order valence-corrected chi connectivity index (χ4v) is 11.0. The number of hydrogen-bond donors (Lipinski definition) is 0. The summed E-state index contributed by atoms with van der Waals surface area (Å²) in [5.41, 5.74) is 21.9. The van der Waals surface area contributed by atoms with Gasteiger partial charge in [-0.1, -0.05) is 176 Å².